The second kappa shape index (κ2) is 14.7. The van der Waals surface area contributed by atoms with Crippen molar-refractivity contribution >= 4 is 45.8 Å². The van der Waals surface area contributed by atoms with Crippen LogP contribution in [0.2, 0.25) is 0 Å². The predicted octanol–water partition coefficient (Wildman–Crippen LogP) is 4.73. The van der Waals surface area contributed by atoms with Crippen molar-refractivity contribution < 1.29 is 27.9 Å². The van der Waals surface area contributed by atoms with Crippen molar-refractivity contribution in [1.82, 2.24) is 43.7 Å². The Kier molecular flexibility index (Phi) is 9.15. The van der Waals surface area contributed by atoms with Crippen LogP contribution >= 0.6 is 0 Å². The molecular weight excluding hydrogens is 801 g/mol. The topological polar surface area (TPSA) is 166 Å². The first kappa shape index (κ1) is 38.6. The fourth-order valence-corrected chi connectivity index (χ4v) is 10.6. The van der Waals surface area contributed by atoms with Crippen LogP contribution in [0.25, 0.3) is 22.4 Å². The van der Waals surface area contributed by atoms with E-state index < -0.39 is 30.0 Å². The maximum absolute atomic E-state index is 14.3. The van der Waals surface area contributed by atoms with E-state index in [0.717, 1.165) is 80.9 Å². The molecule has 5 fully saturated rings. The number of imidazole rings is 1. The van der Waals surface area contributed by atoms with E-state index in [4.69, 9.17) is 9.72 Å². The molecule has 5 aliphatic rings. The molecule has 6 aromatic rings. The summed E-state index contributed by atoms with van der Waals surface area (Å²) in [4.78, 5) is 61.0. The zero-order valence-electron chi connectivity index (χ0n) is 34.0. The van der Waals surface area contributed by atoms with Gasteiger partial charge in [-0.15, -0.1) is 0 Å². The Balaban J connectivity index is 0.725. The van der Waals surface area contributed by atoms with Gasteiger partial charge in [0.1, 0.15) is 11.6 Å². The summed E-state index contributed by atoms with van der Waals surface area (Å²) in [6, 6.07) is 14.7. The molecule has 11 rings (SSSR count). The number of para-hydroxylation sites is 1. The number of benzene rings is 2. The fourth-order valence-electron chi connectivity index (χ4n) is 10.6. The number of carbonyl (C=O) groups is 3. The molecule has 0 radical (unpaired) electrons. The highest BCUT2D eigenvalue weighted by Gasteiger charge is 2.46. The summed E-state index contributed by atoms with van der Waals surface area (Å²) in [5.41, 5.74) is 4.82. The summed E-state index contributed by atoms with van der Waals surface area (Å²) in [5, 5.41) is 13.5. The lowest BCUT2D eigenvalue weighted by Crippen LogP contribution is -2.60. The van der Waals surface area contributed by atoms with Gasteiger partial charge in [0, 0.05) is 56.3 Å². The van der Waals surface area contributed by atoms with Crippen molar-refractivity contribution in [3.8, 4) is 5.69 Å². The number of rotatable bonds is 9. The van der Waals surface area contributed by atoms with E-state index in [1.807, 2.05) is 48.5 Å². The number of ether oxygens (including phenoxy) is 1. The van der Waals surface area contributed by atoms with E-state index in [0.29, 0.717) is 35.8 Å². The quantitative estimate of drug-likeness (QED) is 0.195. The molecule has 8 heterocycles. The first-order valence-electron chi connectivity index (χ1n) is 21.3. The van der Waals surface area contributed by atoms with Crippen molar-refractivity contribution in [3.05, 3.63) is 100 Å². The molecule has 2 bridgehead atoms. The van der Waals surface area contributed by atoms with Crippen molar-refractivity contribution in [2.45, 2.75) is 69.6 Å². The van der Waals surface area contributed by atoms with Gasteiger partial charge in [-0.1, -0.05) is 18.2 Å². The van der Waals surface area contributed by atoms with Crippen LogP contribution in [0.3, 0.4) is 0 Å². The molecule has 1 aliphatic carbocycles. The summed E-state index contributed by atoms with van der Waals surface area (Å²) in [6.07, 6.45) is 6.34. The van der Waals surface area contributed by atoms with E-state index in [2.05, 4.69) is 30.6 Å². The highest BCUT2D eigenvalue weighted by Crippen LogP contribution is 2.46. The number of hydrogen-bond donors (Lipinski definition) is 2. The van der Waals surface area contributed by atoms with Gasteiger partial charge in [0.2, 0.25) is 11.8 Å². The molecule has 1 saturated carbocycles. The van der Waals surface area contributed by atoms with Crippen LogP contribution in [0.1, 0.15) is 84.2 Å². The summed E-state index contributed by atoms with van der Waals surface area (Å²) < 4.78 is 40.4. The minimum absolute atomic E-state index is 0.0852. The summed E-state index contributed by atoms with van der Waals surface area (Å²) in [7, 11) is 1.73. The van der Waals surface area contributed by atoms with E-state index in [-0.39, 0.29) is 46.7 Å². The molecule has 2 unspecified atom stereocenters. The molecule has 2 aromatic carbocycles. The third-order valence-electron chi connectivity index (χ3n) is 13.9. The van der Waals surface area contributed by atoms with Crippen LogP contribution in [0, 0.1) is 11.3 Å². The SMILES string of the molecule is Cn1c(=O)n(C2CCC(=O)NC2=O)c2cccc(N3CC4(CCN(Cc5ccc(-n6cc(NC(=O)c7cnn8ccc(C9C[C@H]%10C[C@@H]9CO%10)nc78)c(C(F)F)n6)cc5)CC4)C3)c21. The first-order chi connectivity index (χ1) is 30.0. The molecule has 2 N–H and O–H groups in total. The van der Waals surface area contributed by atoms with Crippen LogP contribution in [-0.4, -0.2) is 95.0 Å². The molecule has 4 atom stereocenters. The second-order valence-electron chi connectivity index (χ2n) is 17.7. The number of piperidine rings is 2. The third kappa shape index (κ3) is 6.49. The molecule has 16 nitrogen and oxygen atoms in total. The summed E-state index contributed by atoms with van der Waals surface area (Å²) in [6.45, 7) is 5.03. The average Bonchev–Trinajstić information content (AvgIpc) is 4.11. The Bertz CT molecular complexity index is 2830. The standard InChI is InChI=1S/C44H45F2N11O5/c1-52-38-33(3-2-4-34(38)57(43(52)61)35-9-10-36(58)50-42(35)60)54-23-44(24-54)12-15-53(16-13-44)20-25-5-7-27(8-6-25)56-21-32(37(51-56)39(45)46)49-41(59)30-19-47-55-14-11-31(48-40(30)55)29-18-28-17-26(29)22-62-28/h2-8,11,14,19,21,26,28-29,35,39H,9-10,12-13,15-18,20,22-24H2,1H3,(H,49,59)(H,50,58,60)/t26-,28-,29?,35?/m1/s1. The number of alkyl halides is 2. The highest BCUT2D eigenvalue weighted by atomic mass is 19.3. The van der Waals surface area contributed by atoms with E-state index in [1.165, 1.54) is 26.2 Å². The van der Waals surface area contributed by atoms with Gasteiger partial charge in [-0.3, -0.25) is 33.7 Å². The van der Waals surface area contributed by atoms with Crippen LogP contribution in [0.5, 0.6) is 0 Å². The zero-order chi connectivity index (χ0) is 42.4. The Labute approximate surface area is 353 Å². The number of hydrogen-bond acceptors (Lipinski definition) is 10. The number of anilines is 2. The van der Waals surface area contributed by atoms with E-state index >= 15 is 0 Å². The number of nitrogens with zero attached hydrogens (tertiary/aromatic N) is 9. The summed E-state index contributed by atoms with van der Waals surface area (Å²) >= 11 is 0. The number of aryl methyl sites for hydroxylation is 1. The van der Waals surface area contributed by atoms with Crippen molar-refractivity contribution in [3.63, 3.8) is 0 Å². The lowest BCUT2D eigenvalue weighted by molar-refractivity contribution is -0.135. The molecule has 320 valence electrons. The molecule has 62 heavy (non-hydrogen) atoms. The highest BCUT2D eigenvalue weighted by molar-refractivity contribution is 6.08. The minimum Gasteiger partial charge on any atom is -0.378 e. The summed E-state index contributed by atoms with van der Waals surface area (Å²) in [5.74, 6) is -0.716. The maximum Gasteiger partial charge on any atom is 0.329 e. The Hall–Kier alpha value is -6.27. The molecule has 1 spiro atoms. The smallest absolute Gasteiger partial charge is 0.329 e. The lowest BCUT2D eigenvalue weighted by atomic mass is 9.71. The second-order valence-corrected chi connectivity index (χ2v) is 17.7. The predicted molar refractivity (Wildman–Crippen MR) is 222 cm³/mol. The lowest BCUT2D eigenvalue weighted by Gasteiger charge is -2.55. The Morgan fingerprint density at radius 2 is 1.85 bits per heavy atom. The van der Waals surface area contributed by atoms with Crippen LogP contribution < -0.4 is 21.2 Å². The molecule has 3 amide bonds. The number of aromatic nitrogens is 7. The van der Waals surface area contributed by atoms with Gasteiger partial charge >= 0.3 is 5.69 Å². The number of imide groups is 1. The normalized spacial score (nSPS) is 23.5. The van der Waals surface area contributed by atoms with Crippen molar-refractivity contribution in [2.75, 3.05) is 43.0 Å². The monoisotopic (exact) mass is 845 g/mol. The number of amides is 3. The number of halogens is 2. The van der Waals surface area contributed by atoms with Gasteiger partial charge in [0.15, 0.2) is 11.3 Å². The largest absolute Gasteiger partial charge is 0.378 e. The number of nitrogens with one attached hydrogen (secondary N) is 2. The van der Waals surface area contributed by atoms with Gasteiger partial charge in [-0.05, 0) is 87.0 Å². The minimum atomic E-state index is -2.92. The van der Waals surface area contributed by atoms with E-state index in [1.54, 1.807) is 17.8 Å². The van der Waals surface area contributed by atoms with E-state index in [9.17, 15) is 28.0 Å². The first-order valence-corrected chi connectivity index (χ1v) is 21.3. The van der Waals surface area contributed by atoms with Gasteiger partial charge in [0.05, 0.1) is 53.2 Å². The number of likely N-dealkylation sites (tertiary alicyclic amines) is 1. The van der Waals surface area contributed by atoms with Crippen LogP contribution in [0.15, 0.2) is 71.9 Å². The fraction of sp³-hybridized carbons (Fsp3) is 0.432. The van der Waals surface area contributed by atoms with Gasteiger partial charge in [0.25, 0.3) is 12.3 Å². The number of fused-ring (bicyclic) bond motifs is 4. The van der Waals surface area contributed by atoms with Crippen LogP contribution in [0.4, 0.5) is 20.2 Å². The molecule has 4 saturated heterocycles. The van der Waals surface area contributed by atoms with Gasteiger partial charge in [-0.2, -0.15) is 10.2 Å². The molecule has 4 aromatic heterocycles. The van der Waals surface area contributed by atoms with Crippen molar-refractivity contribution in [1.29, 1.82) is 0 Å². The zero-order valence-corrected chi connectivity index (χ0v) is 34.0. The third-order valence-corrected chi connectivity index (χ3v) is 13.9. The molecule has 18 heteroatoms. The maximum atomic E-state index is 14.3. The molecule has 4 aliphatic heterocycles. The van der Waals surface area contributed by atoms with Gasteiger partial charge in [-0.25, -0.2) is 27.8 Å². The Morgan fingerprint density at radius 1 is 1.05 bits per heavy atom. The van der Waals surface area contributed by atoms with Crippen molar-refractivity contribution in [2.24, 2.45) is 18.4 Å². The Morgan fingerprint density at radius 3 is 2.58 bits per heavy atom. The van der Waals surface area contributed by atoms with Crippen LogP contribution in [-0.2, 0) is 27.9 Å². The average molecular weight is 846 g/mol. The molecular formula is C44H45F2N11O5. The number of carbonyl (C=O) groups excluding carboxylic acids is 3. The van der Waals surface area contributed by atoms with Gasteiger partial charge < -0.3 is 15.0 Å².